The summed E-state index contributed by atoms with van der Waals surface area (Å²) in [6, 6.07) is 6.64. The number of aliphatic hydroxyl groups is 1. The zero-order valence-electron chi connectivity index (χ0n) is 11.1. The molecule has 20 heavy (non-hydrogen) atoms. The molecule has 1 aromatic carbocycles. The van der Waals surface area contributed by atoms with Crippen LogP contribution in [0.5, 0.6) is 0 Å². The lowest BCUT2D eigenvalue weighted by molar-refractivity contribution is -0.118. The van der Waals surface area contributed by atoms with Crippen molar-refractivity contribution in [3.05, 3.63) is 41.5 Å². The summed E-state index contributed by atoms with van der Waals surface area (Å²) in [4.78, 5) is 22.5. The molecule has 2 amide bonds. The molecule has 106 valence electrons. The molecule has 0 spiro atoms. The van der Waals surface area contributed by atoms with Crippen molar-refractivity contribution in [2.75, 3.05) is 6.54 Å². The van der Waals surface area contributed by atoms with Crippen LogP contribution in [0.15, 0.2) is 30.3 Å². The van der Waals surface area contributed by atoms with Crippen molar-refractivity contribution in [1.29, 1.82) is 0 Å². The van der Waals surface area contributed by atoms with Gasteiger partial charge in [-0.1, -0.05) is 12.1 Å². The molecule has 0 unspecified atom stereocenters. The van der Waals surface area contributed by atoms with E-state index in [1.165, 1.54) is 6.08 Å². The largest absolute Gasteiger partial charge is 0.388 e. The van der Waals surface area contributed by atoms with Crippen LogP contribution in [0.2, 0.25) is 0 Å². The molecule has 0 atom stereocenters. The second-order valence-electron chi connectivity index (χ2n) is 5.12. The number of benzene rings is 1. The molecule has 0 aliphatic heterocycles. The lowest BCUT2D eigenvalue weighted by atomic mass is 9.80. The molecule has 0 radical (unpaired) electrons. The van der Waals surface area contributed by atoms with Gasteiger partial charge in [-0.05, 0) is 43.0 Å². The molecule has 1 aliphatic rings. The molecule has 2 rings (SSSR count). The third-order valence-corrected chi connectivity index (χ3v) is 3.50. The molecule has 5 nitrogen and oxygen atoms in total. The number of primary amides is 1. The summed E-state index contributed by atoms with van der Waals surface area (Å²) >= 11 is 0. The second kappa shape index (κ2) is 5.88. The van der Waals surface area contributed by atoms with Gasteiger partial charge in [0.15, 0.2) is 0 Å². The van der Waals surface area contributed by atoms with Gasteiger partial charge in [0, 0.05) is 18.2 Å². The standard InChI is InChI=1S/C15H18N2O3/c16-14(19)12-5-2-11(3-6-12)4-7-13(18)17-10-15(20)8-1-9-15/h2-7,20H,1,8-10H2,(H2,16,19)(H,17,18)/b7-4+. The number of hydrogen-bond donors (Lipinski definition) is 3. The van der Waals surface area contributed by atoms with Gasteiger partial charge >= 0.3 is 0 Å². The van der Waals surface area contributed by atoms with Crippen LogP contribution in [0.4, 0.5) is 0 Å². The first-order valence-electron chi connectivity index (χ1n) is 6.57. The van der Waals surface area contributed by atoms with Crippen molar-refractivity contribution in [3.63, 3.8) is 0 Å². The first-order chi connectivity index (χ1) is 9.48. The Morgan fingerprint density at radius 3 is 2.45 bits per heavy atom. The zero-order chi connectivity index (χ0) is 14.6. The van der Waals surface area contributed by atoms with Gasteiger partial charge in [-0.2, -0.15) is 0 Å². The SMILES string of the molecule is NC(=O)c1ccc(/C=C/C(=O)NCC2(O)CCC2)cc1. The Hall–Kier alpha value is -2.14. The second-order valence-corrected chi connectivity index (χ2v) is 5.12. The van der Waals surface area contributed by atoms with Gasteiger partial charge in [0.2, 0.25) is 11.8 Å². The number of carbonyl (C=O) groups is 2. The smallest absolute Gasteiger partial charge is 0.248 e. The van der Waals surface area contributed by atoms with Gasteiger partial charge in [0.1, 0.15) is 0 Å². The maximum Gasteiger partial charge on any atom is 0.248 e. The minimum atomic E-state index is -0.716. The number of nitrogens with one attached hydrogen (secondary N) is 1. The summed E-state index contributed by atoms with van der Waals surface area (Å²) in [5, 5.41) is 12.5. The molecule has 0 heterocycles. The van der Waals surface area contributed by atoms with E-state index in [1.807, 2.05) is 0 Å². The summed E-state index contributed by atoms with van der Waals surface area (Å²) in [5.74, 6) is -0.726. The van der Waals surface area contributed by atoms with E-state index in [0.717, 1.165) is 24.8 Å². The minimum absolute atomic E-state index is 0.246. The van der Waals surface area contributed by atoms with Crippen LogP contribution in [0.3, 0.4) is 0 Å². The fraction of sp³-hybridized carbons (Fsp3) is 0.333. The maximum atomic E-state index is 11.6. The molecule has 0 bridgehead atoms. The van der Waals surface area contributed by atoms with Crippen molar-refractivity contribution in [2.24, 2.45) is 5.73 Å². The van der Waals surface area contributed by atoms with Gasteiger partial charge in [0.25, 0.3) is 0 Å². The van der Waals surface area contributed by atoms with E-state index in [-0.39, 0.29) is 12.5 Å². The highest BCUT2D eigenvalue weighted by atomic mass is 16.3. The maximum absolute atomic E-state index is 11.6. The normalized spacial score (nSPS) is 16.6. The third-order valence-electron chi connectivity index (χ3n) is 3.50. The zero-order valence-corrected chi connectivity index (χ0v) is 11.1. The fourth-order valence-corrected chi connectivity index (χ4v) is 2.00. The van der Waals surface area contributed by atoms with Crippen LogP contribution in [0, 0.1) is 0 Å². The Bertz CT molecular complexity index is 531. The average Bonchev–Trinajstić information content (AvgIpc) is 2.41. The summed E-state index contributed by atoms with van der Waals surface area (Å²) < 4.78 is 0. The molecule has 1 aromatic rings. The fourth-order valence-electron chi connectivity index (χ4n) is 2.00. The number of rotatable bonds is 5. The van der Waals surface area contributed by atoms with Crippen molar-refractivity contribution in [3.8, 4) is 0 Å². The summed E-state index contributed by atoms with van der Waals surface area (Å²) in [5.41, 5.74) is 5.65. The highest BCUT2D eigenvalue weighted by Gasteiger charge is 2.34. The van der Waals surface area contributed by atoms with Crippen LogP contribution in [-0.2, 0) is 4.79 Å². The van der Waals surface area contributed by atoms with Gasteiger partial charge in [-0.25, -0.2) is 0 Å². The van der Waals surface area contributed by atoms with E-state index in [2.05, 4.69) is 5.32 Å². The van der Waals surface area contributed by atoms with E-state index in [9.17, 15) is 14.7 Å². The van der Waals surface area contributed by atoms with Gasteiger partial charge in [0.05, 0.1) is 5.60 Å². The van der Waals surface area contributed by atoms with Crippen molar-refractivity contribution < 1.29 is 14.7 Å². The lowest BCUT2D eigenvalue weighted by Crippen LogP contribution is -2.47. The van der Waals surface area contributed by atoms with Crippen LogP contribution >= 0.6 is 0 Å². The minimum Gasteiger partial charge on any atom is -0.388 e. The molecule has 0 aromatic heterocycles. The average molecular weight is 274 g/mol. The topological polar surface area (TPSA) is 92.4 Å². The van der Waals surface area contributed by atoms with Crippen LogP contribution < -0.4 is 11.1 Å². The Morgan fingerprint density at radius 1 is 1.30 bits per heavy atom. The third kappa shape index (κ3) is 3.68. The molecular weight excluding hydrogens is 256 g/mol. The quantitative estimate of drug-likeness (QED) is 0.694. The monoisotopic (exact) mass is 274 g/mol. The summed E-state index contributed by atoms with van der Waals surface area (Å²) in [7, 11) is 0. The van der Waals surface area contributed by atoms with Crippen molar-refractivity contribution in [1.82, 2.24) is 5.32 Å². The number of hydrogen-bond acceptors (Lipinski definition) is 3. The van der Waals surface area contributed by atoms with E-state index < -0.39 is 11.5 Å². The number of amides is 2. The van der Waals surface area contributed by atoms with Crippen LogP contribution in [-0.4, -0.2) is 29.1 Å². The lowest BCUT2D eigenvalue weighted by Gasteiger charge is -2.36. The van der Waals surface area contributed by atoms with Gasteiger partial charge in [-0.15, -0.1) is 0 Å². The molecule has 1 saturated carbocycles. The highest BCUT2D eigenvalue weighted by molar-refractivity contribution is 5.94. The van der Waals surface area contributed by atoms with E-state index in [1.54, 1.807) is 30.3 Å². The summed E-state index contributed by atoms with van der Waals surface area (Å²) in [6.45, 7) is 0.288. The summed E-state index contributed by atoms with van der Waals surface area (Å²) in [6.07, 6.45) is 5.54. The highest BCUT2D eigenvalue weighted by Crippen LogP contribution is 2.30. The van der Waals surface area contributed by atoms with Crippen LogP contribution in [0.25, 0.3) is 6.08 Å². The first-order valence-corrected chi connectivity index (χ1v) is 6.57. The van der Waals surface area contributed by atoms with E-state index >= 15 is 0 Å². The molecule has 0 saturated heterocycles. The molecule has 1 fully saturated rings. The Kier molecular flexibility index (Phi) is 4.20. The molecular formula is C15H18N2O3. The molecule has 4 N–H and O–H groups in total. The van der Waals surface area contributed by atoms with Gasteiger partial charge < -0.3 is 16.2 Å². The van der Waals surface area contributed by atoms with Gasteiger partial charge in [-0.3, -0.25) is 9.59 Å². The number of carbonyl (C=O) groups excluding carboxylic acids is 2. The predicted molar refractivity (Wildman–Crippen MR) is 75.8 cm³/mol. The Balaban J connectivity index is 1.85. The molecule has 5 heteroatoms. The van der Waals surface area contributed by atoms with E-state index in [0.29, 0.717) is 5.56 Å². The van der Waals surface area contributed by atoms with Crippen molar-refractivity contribution >= 4 is 17.9 Å². The Morgan fingerprint density at radius 2 is 1.95 bits per heavy atom. The molecule has 1 aliphatic carbocycles. The first kappa shape index (κ1) is 14.3. The number of nitrogens with two attached hydrogens (primary N) is 1. The van der Waals surface area contributed by atoms with Crippen LogP contribution in [0.1, 0.15) is 35.2 Å². The van der Waals surface area contributed by atoms with E-state index in [4.69, 9.17) is 5.73 Å². The predicted octanol–water partition coefficient (Wildman–Crippen LogP) is 0.830. The van der Waals surface area contributed by atoms with Crippen molar-refractivity contribution in [2.45, 2.75) is 24.9 Å². The Labute approximate surface area is 117 Å².